The fourth-order valence-corrected chi connectivity index (χ4v) is 5.45. The van der Waals surface area contributed by atoms with E-state index in [1.165, 1.54) is 8.61 Å². The summed E-state index contributed by atoms with van der Waals surface area (Å²) in [5, 5.41) is 0. The lowest BCUT2D eigenvalue weighted by atomic mass is 10.1. The molecule has 0 unspecified atom stereocenters. The molecule has 0 aromatic heterocycles. The SMILES string of the molecule is COc1cccc(N2c3ccccc3N(CC[C@@H]3CCCCO3)S2(=O)=O)c1. The third kappa shape index (κ3) is 3.37. The monoisotopic (exact) mass is 388 g/mol. The molecule has 2 aliphatic heterocycles. The number of methoxy groups -OCH3 is 1. The first-order valence-electron chi connectivity index (χ1n) is 9.29. The third-order valence-corrected chi connectivity index (χ3v) is 6.90. The normalized spacial score (nSPS) is 21.1. The maximum absolute atomic E-state index is 13.4. The van der Waals surface area contributed by atoms with Crippen molar-refractivity contribution in [2.24, 2.45) is 0 Å². The summed E-state index contributed by atoms with van der Waals surface area (Å²) in [5.41, 5.74) is 1.93. The minimum atomic E-state index is -3.71. The molecule has 2 aliphatic rings. The van der Waals surface area contributed by atoms with Gasteiger partial charge < -0.3 is 9.47 Å². The zero-order chi connectivity index (χ0) is 18.9. The first kappa shape index (κ1) is 18.1. The van der Waals surface area contributed by atoms with E-state index in [-0.39, 0.29) is 6.10 Å². The van der Waals surface area contributed by atoms with Gasteiger partial charge in [-0.1, -0.05) is 18.2 Å². The summed E-state index contributed by atoms with van der Waals surface area (Å²) in [6, 6.07) is 14.5. The Hall–Kier alpha value is -2.25. The van der Waals surface area contributed by atoms with Gasteiger partial charge in [0.25, 0.3) is 0 Å². The highest BCUT2D eigenvalue weighted by Crippen LogP contribution is 2.45. The number of nitrogens with zero attached hydrogens (tertiary/aromatic N) is 2. The van der Waals surface area contributed by atoms with Gasteiger partial charge in [0.1, 0.15) is 5.75 Å². The summed E-state index contributed by atoms with van der Waals surface area (Å²) in [7, 11) is -2.14. The van der Waals surface area contributed by atoms with Crippen molar-refractivity contribution >= 4 is 27.3 Å². The van der Waals surface area contributed by atoms with Crippen LogP contribution in [0.2, 0.25) is 0 Å². The molecule has 0 N–H and O–H groups in total. The van der Waals surface area contributed by atoms with Crippen LogP contribution in [0.15, 0.2) is 48.5 Å². The lowest BCUT2D eigenvalue weighted by molar-refractivity contribution is 0.0130. The standard InChI is InChI=1S/C20H24N2O4S/c1-25-18-9-6-7-16(15-18)22-20-11-3-2-10-19(20)21(27(22,23)24)13-12-17-8-4-5-14-26-17/h2-3,6-7,9-11,15,17H,4-5,8,12-14H2,1H3/t17-/m0/s1. The second kappa shape index (κ2) is 7.40. The average molecular weight is 388 g/mol. The Morgan fingerprint density at radius 2 is 1.93 bits per heavy atom. The van der Waals surface area contributed by atoms with Gasteiger partial charge in [-0.05, 0) is 49.9 Å². The van der Waals surface area contributed by atoms with Crippen molar-refractivity contribution in [3.63, 3.8) is 0 Å². The Kier molecular flexibility index (Phi) is 4.97. The van der Waals surface area contributed by atoms with Gasteiger partial charge >= 0.3 is 10.2 Å². The molecule has 27 heavy (non-hydrogen) atoms. The molecule has 1 atom stereocenters. The fourth-order valence-electron chi connectivity index (χ4n) is 3.74. The molecule has 0 aliphatic carbocycles. The van der Waals surface area contributed by atoms with E-state index in [0.29, 0.717) is 35.8 Å². The van der Waals surface area contributed by atoms with Gasteiger partial charge in [-0.2, -0.15) is 8.42 Å². The van der Waals surface area contributed by atoms with E-state index >= 15 is 0 Å². The van der Waals surface area contributed by atoms with Gasteiger partial charge in [0.15, 0.2) is 0 Å². The molecule has 144 valence electrons. The van der Waals surface area contributed by atoms with Crippen molar-refractivity contribution in [1.82, 2.24) is 0 Å². The molecule has 0 amide bonds. The van der Waals surface area contributed by atoms with E-state index in [1.54, 1.807) is 31.4 Å². The maximum Gasteiger partial charge on any atom is 0.330 e. The number of hydrogen-bond acceptors (Lipinski definition) is 4. The summed E-state index contributed by atoms with van der Waals surface area (Å²) in [6.07, 6.45) is 4.05. The quantitative estimate of drug-likeness (QED) is 0.780. The van der Waals surface area contributed by atoms with E-state index in [4.69, 9.17) is 9.47 Å². The third-order valence-electron chi connectivity index (χ3n) is 5.09. The summed E-state index contributed by atoms with van der Waals surface area (Å²) in [5.74, 6) is 0.620. The van der Waals surface area contributed by atoms with Crippen LogP contribution in [0.3, 0.4) is 0 Å². The number of rotatable bonds is 5. The Bertz CT molecular complexity index is 910. The minimum Gasteiger partial charge on any atom is -0.497 e. The number of fused-ring (bicyclic) bond motifs is 1. The van der Waals surface area contributed by atoms with Gasteiger partial charge in [-0.15, -0.1) is 0 Å². The summed E-state index contributed by atoms with van der Waals surface area (Å²) in [6.45, 7) is 1.18. The Labute approximate surface area is 160 Å². The molecule has 0 saturated carbocycles. The molecule has 2 heterocycles. The summed E-state index contributed by atoms with van der Waals surface area (Å²) < 4.78 is 40.7. The minimum absolute atomic E-state index is 0.131. The highest BCUT2D eigenvalue weighted by molar-refractivity contribution is 7.95. The lowest BCUT2D eigenvalue weighted by Gasteiger charge is -2.26. The van der Waals surface area contributed by atoms with E-state index in [1.807, 2.05) is 24.3 Å². The zero-order valence-corrected chi connectivity index (χ0v) is 16.2. The molecule has 1 fully saturated rings. The topological polar surface area (TPSA) is 59.1 Å². The smallest absolute Gasteiger partial charge is 0.330 e. The molecular formula is C20H24N2O4S. The molecule has 0 radical (unpaired) electrons. The molecule has 0 bridgehead atoms. The van der Waals surface area contributed by atoms with Crippen molar-refractivity contribution in [3.8, 4) is 5.75 Å². The number of para-hydroxylation sites is 2. The molecule has 4 rings (SSSR count). The van der Waals surface area contributed by atoms with Crippen LogP contribution in [0.4, 0.5) is 17.1 Å². The number of hydrogen-bond donors (Lipinski definition) is 0. The second-order valence-electron chi connectivity index (χ2n) is 6.81. The van der Waals surface area contributed by atoms with Gasteiger partial charge in [-0.3, -0.25) is 4.31 Å². The average Bonchev–Trinajstić information content (AvgIpc) is 2.93. The largest absolute Gasteiger partial charge is 0.497 e. The molecule has 2 aromatic rings. The highest BCUT2D eigenvalue weighted by atomic mass is 32.2. The number of ether oxygens (including phenoxy) is 2. The van der Waals surface area contributed by atoms with Gasteiger partial charge in [0, 0.05) is 19.2 Å². The van der Waals surface area contributed by atoms with Gasteiger partial charge in [-0.25, -0.2) is 4.31 Å². The molecule has 0 spiro atoms. The van der Waals surface area contributed by atoms with Gasteiger partial charge in [0.2, 0.25) is 0 Å². The van der Waals surface area contributed by atoms with Crippen LogP contribution in [0.1, 0.15) is 25.7 Å². The maximum atomic E-state index is 13.4. The molecule has 7 heteroatoms. The van der Waals surface area contributed by atoms with Crippen molar-refractivity contribution in [1.29, 1.82) is 0 Å². The first-order valence-corrected chi connectivity index (χ1v) is 10.7. The Morgan fingerprint density at radius 1 is 1.11 bits per heavy atom. The van der Waals surface area contributed by atoms with Crippen LogP contribution in [0, 0.1) is 0 Å². The predicted molar refractivity (Wildman–Crippen MR) is 106 cm³/mol. The second-order valence-corrected chi connectivity index (χ2v) is 8.51. The number of anilines is 3. The van der Waals surface area contributed by atoms with Crippen LogP contribution < -0.4 is 13.3 Å². The van der Waals surface area contributed by atoms with Crippen LogP contribution >= 0.6 is 0 Å². The van der Waals surface area contributed by atoms with Crippen molar-refractivity contribution in [2.75, 3.05) is 28.9 Å². The zero-order valence-electron chi connectivity index (χ0n) is 15.4. The van der Waals surface area contributed by atoms with E-state index in [0.717, 1.165) is 25.9 Å². The van der Waals surface area contributed by atoms with Crippen LogP contribution in [-0.4, -0.2) is 34.8 Å². The van der Waals surface area contributed by atoms with Gasteiger partial charge in [0.05, 0.1) is 30.3 Å². The molecule has 6 nitrogen and oxygen atoms in total. The molecule has 1 saturated heterocycles. The predicted octanol–water partition coefficient (Wildman–Crippen LogP) is 3.86. The fraction of sp³-hybridized carbons (Fsp3) is 0.400. The van der Waals surface area contributed by atoms with Crippen molar-refractivity contribution < 1.29 is 17.9 Å². The van der Waals surface area contributed by atoms with Crippen LogP contribution in [0.5, 0.6) is 5.75 Å². The summed E-state index contributed by atoms with van der Waals surface area (Å²) in [4.78, 5) is 0. The molecular weight excluding hydrogens is 364 g/mol. The van der Waals surface area contributed by atoms with Crippen molar-refractivity contribution in [3.05, 3.63) is 48.5 Å². The Balaban J connectivity index is 1.67. The molecule has 2 aromatic carbocycles. The van der Waals surface area contributed by atoms with Crippen molar-refractivity contribution in [2.45, 2.75) is 31.8 Å². The summed E-state index contributed by atoms with van der Waals surface area (Å²) >= 11 is 0. The van der Waals surface area contributed by atoms with Crippen LogP contribution in [-0.2, 0) is 14.9 Å². The lowest BCUT2D eigenvalue weighted by Crippen LogP contribution is -2.37. The van der Waals surface area contributed by atoms with E-state index in [2.05, 4.69) is 0 Å². The van der Waals surface area contributed by atoms with E-state index < -0.39 is 10.2 Å². The van der Waals surface area contributed by atoms with Crippen LogP contribution in [0.25, 0.3) is 0 Å². The van der Waals surface area contributed by atoms with E-state index in [9.17, 15) is 8.42 Å². The first-order chi connectivity index (χ1) is 13.1. The highest BCUT2D eigenvalue weighted by Gasteiger charge is 2.41. The Morgan fingerprint density at radius 3 is 2.67 bits per heavy atom. The number of benzene rings is 2.